The number of nitrogens with two attached hydrogens (primary N) is 1. The standard InChI is InChI=1S/C21H21N3S2/c1-21(2,3)17-10-9-16(26-17)19-23-18(22)15-12-14(25-20(15)24-19)11-13-7-5-4-6-8-13/h4-10,12H,11H2,1-3H3,(H2,22,23,24). The Morgan fingerprint density at radius 1 is 0.962 bits per heavy atom. The van der Waals surface area contributed by atoms with Crippen LogP contribution in [0.4, 0.5) is 5.82 Å². The summed E-state index contributed by atoms with van der Waals surface area (Å²) < 4.78 is 0. The number of anilines is 1. The first-order chi connectivity index (χ1) is 12.4. The monoisotopic (exact) mass is 379 g/mol. The Balaban J connectivity index is 1.71. The van der Waals surface area contributed by atoms with Crippen LogP contribution in [0.25, 0.3) is 20.9 Å². The Hall–Kier alpha value is -2.24. The van der Waals surface area contributed by atoms with Crippen molar-refractivity contribution in [2.45, 2.75) is 32.6 Å². The highest BCUT2D eigenvalue weighted by molar-refractivity contribution is 7.18. The molecule has 0 bridgehead atoms. The molecule has 3 aromatic heterocycles. The van der Waals surface area contributed by atoms with Gasteiger partial charge >= 0.3 is 0 Å². The van der Waals surface area contributed by atoms with Crippen molar-refractivity contribution in [2.24, 2.45) is 0 Å². The van der Waals surface area contributed by atoms with E-state index in [1.807, 2.05) is 6.07 Å². The lowest BCUT2D eigenvalue weighted by molar-refractivity contribution is 0.604. The van der Waals surface area contributed by atoms with Crippen LogP contribution in [0.5, 0.6) is 0 Å². The van der Waals surface area contributed by atoms with E-state index in [2.05, 4.69) is 68.2 Å². The summed E-state index contributed by atoms with van der Waals surface area (Å²) in [6, 6.07) is 16.9. The second-order valence-electron chi connectivity index (χ2n) is 7.44. The van der Waals surface area contributed by atoms with Crippen LogP contribution in [0.15, 0.2) is 48.5 Å². The number of rotatable bonds is 3. The number of nitrogens with zero attached hydrogens (tertiary/aromatic N) is 2. The predicted octanol–water partition coefficient (Wildman–Crippen LogP) is 5.89. The van der Waals surface area contributed by atoms with Gasteiger partial charge in [0.05, 0.1) is 10.3 Å². The normalized spacial score (nSPS) is 12.0. The zero-order valence-electron chi connectivity index (χ0n) is 15.1. The Kier molecular flexibility index (Phi) is 4.29. The van der Waals surface area contributed by atoms with Crippen LogP contribution in [-0.2, 0) is 11.8 Å². The van der Waals surface area contributed by atoms with Gasteiger partial charge in [-0.1, -0.05) is 51.1 Å². The summed E-state index contributed by atoms with van der Waals surface area (Å²) in [5, 5.41) is 0.956. The molecule has 2 N–H and O–H groups in total. The Morgan fingerprint density at radius 2 is 1.73 bits per heavy atom. The Morgan fingerprint density at radius 3 is 2.42 bits per heavy atom. The van der Waals surface area contributed by atoms with Crippen LogP contribution in [0.1, 0.15) is 36.1 Å². The van der Waals surface area contributed by atoms with Gasteiger partial charge in [0.25, 0.3) is 0 Å². The van der Waals surface area contributed by atoms with Crippen LogP contribution in [0.2, 0.25) is 0 Å². The van der Waals surface area contributed by atoms with Crippen LogP contribution in [-0.4, -0.2) is 9.97 Å². The molecule has 0 aliphatic rings. The maximum Gasteiger partial charge on any atom is 0.173 e. The van der Waals surface area contributed by atoms with E-state index in [0.29, 0.717) is 5.82 Å². The average molecular weight is 380 g/mol. The predicted molar refractivity (Wildman–Crippen MR) is 113 cm³/mol. The maximum atomic E-state index is 6.25. The lowest BCUT2D eigenvalue weighted by Gasteiger charge is -2.15. The average Bonchev–Trinajstić information content (AvgIpc) is 3.22. The van der Waals surface area contributed by atoms with E-state index in [1.165, 1.54) is 15.3 Å². The van der Waals surface area contributed by atoms with Gasteiger partial charge in [-0.15, -0.1) is 22.7 Å². The van der Waals surface area contributed by atoms with Gasteiger partial charge in [-0.05, 0) is 29.2 Å². The number of benzene rings is 1. The van der Waals surface area contributed by atoms with Crippen molar-refractivity contribution in [1.29, 1.82) is 0 Å². The minimum absolute atomic E-state index is 0.129. The van der Waals surface area contributed by atoms with Crippen LogP contribution >= 0.6 is 22.7 Å². The second-order valence-corrected chi connectivity index (χ2v) is 9.64. The van der Waals surface area contributed by atoms with E-state index >= 15 is 0 Å². The minimum Gasteiger partial charge on any atom is -0.383 e. The molecule has 4 rings (SSSR count). The third-order valence-electron chi connectivity index (χ3n) is 4.26. The van der Waals surface area contributed by atoms with Gasteiger partial charge in [0.1, 0.15) is 10.6 Å². The molecule has 0 aliphatic carbocycles. The fourth-order valence-electron chi connectivity index (χ4n) is 2.85. The molecule has 0 aliphatic heterocycles. The molecule has 1 aromatic carbocycles. The third kappa shape index (κ3) is 3.37. The van der Waals surface area contributed by atoms with Crippen LogP contribution in [0, 0.1) is 0 Å². The van der Waals surface area contributed by atoms with Crippen molar-refractivity contribution < 1.29 is 0 Å². The quantitative estimate of drug-likeness (QED) is 0.483. The largest absolute Gasteiger partial charge is 0.383 e. The van der Waals surface area contributed by atoms with Crippen molar-refractivity contribution in [3.63, 3.8) is 0 Å². The summed E-state index contributed by atoms with van der Waals surface area (Å²) in [6.07, 6.45) is 0.893. The third-order valence-corrected chi connectivity index (χ3v) is 6.80. The van der Waals surface area contributed by atoms with Crippen molar-refractivity contribution in [1.82, 2.24) is 9.97 Å². The number of nitrogen functional groups attached to an aromatic ring is 1. The maximum absolute atomic E-state index is 6.25. The van der Waals surface area contributed by atoms with E-state index in [0.717, 1.165) is 27.3 Å². The van der Waals surface area contributed by atoms with Crippen LogP contribution < -0.4 is 5.73 Å². The summed E-state index contributed by atoms with van der Waals surface area (Å²) in [5.41, 5.74) is 7.67. The van der Waals surface area contributed by atoms with Gasteiger partial charge in [0, 0.05) is 16.2 Å². The summed E-state index contributed by atoms with van der Waals surface area (Å²) in [6.45, 7) is 6.66. The fraction of sp³-hybridized carbons (Fsp3) is 0.238. The number of aromatic nitrogens is 2. The number of hydrogen-bond donors (Lipinski definition) is 1. The first-order valence-electron chi connectivity index (χ1n) is 8.61. The van der Waals surface area contributed by atoms with E-state index < -0.39 is 0 Å². The highest BCUT2D eigenvalue weighted by Gasteiger charge is 2.18. The molecule has 0 amide bonds. The van der Waals surface area contributed by atoms with E-state index in [1.54, 1.807) is 22.7 Å². The van der Waals surface area contributed by atoms with Crippen LogP contribution in [0.3, 0.4) is 0 Å². The number of fused-ring (bicyclic) bond motifs is 1. The summed E-state index contributed by atoms with van der Waals surface area (Å²) in [4.78, 5) is 14.0. The molecular weight excluding hydrogens is 358 g/mol. The summed E-state index contributed by atoms with van der Waals surface area (Å²) >= 11 is 3.44. The molecule has 132 valence electrons. The van der Waals surface area contributed by atoms with Gasteiger partial charge in [-0.25, -0.2) is 9.97 Å². The molecule has 26 heavy (non-hydrogen) atoms. The summed E-state index contributed by atoms with van der Waals surface area (Å²) in [7, 11) is 0. The van der Waals surface area contributed by atoms with Gasteiger partial charge < -0.3 is 5.73 Å². The van der Waals surface area contributed by atoms with Gasteiger partial charge in [-0.3, -0.25) is 0 Å². The SMILES string of the molecule is CC(C)(C)c1ccc(-c2nc(N)c3cc(Cc4ccccc4)sc3n2)s1. The molecule has 0 atom stereocenters. The van der Waals surface area contributed by atoms with Gasteiger partial charge in [0.15, 0.2) is 5.82 Å². The zero-order chi connectivity index (χ0) is 18.3. The van der Waals surface area contributed by atoms with E-state index in [9.17, 15) is 0 Å². The van der Waals surface area contributed by atoms with Crippen molar-refractivity contribution in [3.8, 4) is 10.7 Å². The molecule has 0 radical (unpaired) electrons. The van der Waals surface area contributed by atoms with E-state index in [-0.39, 0.29) is 5.41 Å². The molecule has 4 aromatic rings. The Bertz CT molecular complexity index is 1060. The topological polar surface area (TPSA) is 51.8 Å². The molecule has 3 nitrogen and oxygen atoms in total. The first-order valence-corrected chi connectivity index (χ1v) is 10.2. The van der Waals surface area contributed by atoms with Gasteiger partial charge in [-0.2, -0.15) is 0 Å². The van der Waals surface area contributed by atoms with E-state index in [4.69, 9.17) is 10.7 Å². The highest BCUT2D eigenvalue weighted by atomic mass is 32.1. The Labute approximate surface area is 161 Å². The molecule has 0 saturated carbocycles. The second kappa shape index (κ2) is 6.49. The number of thiophene rings is 2. The molecular formula is C21H21N3S2. The highest BCUT2D eigenvalue weighted by Crippen LogP contribution is 2.36. The minimum atomic E-state index is 0.129. The van der Waals surface area contributed by atoms with Crippen molar-refractivity contribution >= 4 is 38.7 Å². The smallest absolute Gasteiger partial charge is 0.173 e. The lowest BCUT2D eigenvalue weighted by atomic mass is 9.95. The molecule has 5 heteroatoms. The van der Waals surface area contributed by atoms with Crippen molar-refractivity contribution in [3.05, 3.63) is 63.8 Å². The molecule has 0 unspecified atom stereocenters. The first kappa shape index (κ1) is 17.2. The zero-order valence-corrected chi connectivity index (χ0v) is 16.7. The summed E-state index contributed by atoms with van der Waals surface area (Å²) in [5.74, 6) is 1.29. The van der Waals surface area contributed by atoms with Crippen molar-refractivity contribution in [2.75, 3.05) is 5.73 Å². The molecule has 0 fully saturated rings. The lowest BCUT2D eigenvalue weighted by Crippen LogP contribution is -2.07. The molecule has 0 spiro atoms. The fourth-order valence-corrected chi connectivity index (χ4v) is 4.92. The molecule has 0 saturated heterocycles. The molecule has 3 heterocycles. The van der Waals surface area contributed by atoms with Gasteiger partial charge in [0.2, 0.25) is 0 Å². The number of hydrogen-bond acceptors (Lipinski definition) is 5.